The standard InChI is InChI=1S/C20H13Cl2F3IN3O2/c1-19(9-11-2-4-15(5-3-11)31-20(23,24)25)17(30)28(18-27-10-16(26)29(18)19)14-7-12(21)6-13(22)8-14/h2-8,10H,9H2,1H3/t19-/m1/s1. The third kappa shape index (κ3) is 4.22. The first kappa shape index (κ1) is 22.2. The zero-order chi connectivity index (χ0) is 22.6. The normalized spacial score (nSPS) is 18.4. The van der Waals surface area contributed by atoms with Crippen molar-refractivity contribution in [2.24, 2.45) is 0 Å². The van der Waals surface area contributed by atoms with Gasteiger partial charge in [-0.25, -0.2) is 9.88 Å². The number of aromatic nitrogens is 2. The Kier molecular flexibility index (Phi) is 5.63. The Hall–Kier alpha value is -1.98. The highest BCUT2D eigenvalue weighted by Gasteiger charge is 2.50. The summed E-state index contributed by atoms with van der Waals surface area (Å²) in [5.74, 6) is -0.179. The van der Waals surface area contributed by atoms with Crippen molar-refractivity contribution in [1.82, 2.24) is 9.55 Å². The van der Waals surface area contributed by atoms with E-state index in [1.54, 1.807) is 35.9 Å². The van der Waals surface area contributed by atoms with Crippen LogP contribution in [-0.4, -0.2) is 21.8 Å². The summed E-state index contributed by atoms with van der Waals surface area (Å²) < 4.78 is 43.7. The van der Waals surface area contributed by atoms with Crippen molar-refractivity contribution in [3.8, 4) is 5.75 Å². The van der Waals surface area contributed by atoms with Gasteiger partial charge < -0.3 is 4.74 Å². The van der Waals surface area contributed by atoms with Crippen LogP contribution >= 0.6 is 45.8 Å². The van der Waals surface area contributed by atoms with Crippen LogP contribution in [0.5, 0.6) is 5.75 Å². The van der Waals surface area contributed by atoms with Gasteiger partial charge >= 0.3 is 6.36 Å². The Morgan fingerprint density at radius 3 is 2.32 bits per heavy atom. The molecular weight excluding hydrogens is 569 g/mol. The largest absolute Gasteiger partial charge is 0.573 e. The molecule has 0 saturated carbocycles. The monoisotopic (exact) mass is 581 g/mol. The van der Waals surface area contributed by atoms with Crippen LogP contribution in [0.3, 0.4) is 0 Å². The zero-order valence-electron chi connectivity index (χ0n) is 15.8. The van der Waals surface area contributed by atoms with Gasteiger partial charge in [0.15, 0.2) is 0 Å². The molecule has 0 radical (unpaired) electrons. The van der Waals surface area contributed by atoms with Gasteiger partial charge in [-0.2, -0.15) is 0 Å². The number of hydrogen-bond acceptors (Lipinski definition) is 3. The average molecular weight is 582 g/mol. The van der Waals surface area contributed by atoms with Crippen molar-refractivity contribution < 1.29 is 22.7 Å². The molecule has 0 spiro atoms. The van der Waals surface area contributed by atoms with Crippen LogP contribution in [-0.2, 0) is 16.8 Å². The Balaban J connectivity index is 1.71. The van der Waals surface area contributed by atoms with Crippen LogP contribution in [0.4, 0.5) is 24.8 Å². The Morgan fingerprint density at radius 2 is 1.74 bits per heavy atom. The number of carbonyl (C=O) groups excluding carboxylic acids is 1. The SMILES string of the molecule is C[C@@]1(Cc2ccc(OC(F)(F)F)cc2)C(=O)N(c2cc(Cl)cc(Cl)c2)c2ncc(I)n21. The minimum atomic E-state index is -4.77. The second-order valence-corrected chi connectivity index (χ2v) is 9.11. The Labute approximate surface area is 198 Å². The number of ether oxygens (including phenoxy) is 1. The average Bonchev–Trinajstić information content (AvgIpc) is 3.12. The first-order valence-electron chi connectivity index (χ1n) is 8.87. The molecule has 0 unspecified atom stereocenters. The molecule has 11 heteroatoms. The van der Waals surface area contributed by atoms with E-state index in [0.29, 0.717) is 27.2 Å². The first-order chi connectivity index (χ1) is 14.5. The second kappa shape index (κ2) is 7.86. The number of alkyl halides is 3. The van der Waals surface area contributed by atoms with E-state index in [1.165, 1.54) is 29.2 Å². The summed E-state index contributed by atoms with van der Waals surface area (Å²) >= 11 is 14.3. The fraction of sp³-hybridized carbons (Fsp3) is 0.200. The van der Waals surface area contributed by atoms with E-state index in [0.717, 1.165) is 3.70 Å². The number of amides is 1. The fourth-order valence-corrected chi connectivity index (χ4v) is 5.03. The molecule has 1 aliphatic rings. The third-order valence-corrected chi connectivity index (χ3v) is 6.07. The number of halogens is 6. The van der Waals surface area contributed by atoms with Gasteiger partial charge in [-0.1, -0.05) is 35.3 Å². The molecule has 1 aliphatic heterocycles. The maximum atomic E-state index is 13.6. The molecule has 0 saturated heterocycles. The number of hydrogen-bond donors (Lipinski definition) is 0. The number of carbonyl (C=O) groups is 1. The lowest BCUT2D eigenvalue weighted by molar-refractivity contribution is -0.274. The van der Waals surface area contributed by atoms with E-state index >= 15 is 0 Å². The van der Waals surface area contributed by atoms with Crippen LogP contribution in [0.25, 0.3) is 0 Å². The number of benzene rings is 2. The van der Waals surface area contributed by atoms with Gasteiger partial charge in [0, 0.05) is 16.5 Å². The fourth-order valence-electron chi connectivity index (χ4n) is 3.63. The molecule has 2 aromatic carbocycles. The maximum Gasteiger partial charge on any atom is 0.573 e. The molecule has 0 bridgehead atoms. The zero-order valence-corrected chi connectivity index (χ0v) is 19.4. The quantitative estimate of drug-likeness (QED) is 0.338. The lowest BCUT2D eigenvalue weighted by Gasteiger charge is -2.26. The molecule has 1 atom stereocenters. The number of fused-ring (bicyclic) bond motifs is 1. The Bertz CT molecular complexity index is 1150. The van der Waals surface area contributed by atoms with E-state index < -0.39 is 11.9 Å². The number of imidazole rings is 1. The summed E-state index contributed by atoms with van der Waals surface area (Å²) in [6.07, 6.45) is -2.90. The molecule has 162 valence electrons. The molecule has 3 aromatic rings. The third-order valence-electron chi connectivity index (χ3n) is 4.87. The van der Waals surface area contributed by atoms with E-state index in [2.05, 4.69) is 32.3 Å². The number of nitrogens with zero attached hydrogens (tertiary/aromatic N) is 3. The smallest absolute Gasteiger partial charge is 0.406 e. The predicted molar refractivity (Wildman–Crippen MR) is 119 cm³/mol. The molecular formula is C20H13Cl2F3IN3O2. The number of rotatable bonds is 4. The van der Waals surface area contributed by atoms with Gasteiger partial charge in [0.2, 0.25) is 5.95 Å². The van der Waals surface area contributed by atoms with Gasteiger partial charge in [0.25, 0.3) is 5.91 Å². The van der Waals surface area contributed by atoms with Crippen molar-refractivity contribution in [3.63, 3.8) is 0 Å². The van der Waals surface area contributed by atoms with Gasteiger partial charge in [-0.05, 0) is 65.4 Å². The van der Waals surface area contributed by atoms with Crippen molar-refractivity contribution in [2.75, 3.05) is 4.90 Å². The van der Waals surface area contributed by atoms with Crippen LogP contribution in [0.15, 0.2) is 48.7 Å². The molecule has 1 amide bonds. The lowest BCUT2D eigenvalue weighted by Crippen LogP contribution is -2.41. The van der Waals surface area contributed by atoms with Crippen LogP contribution in [0, 0.1) is 3.70 Å². The lowest BCUT2D eigenvalue weighted by atomic mass is 9.92. The van der Waals surface area contributed by atoms with Gasteiger partial charge in [-0.3, -0.25) is 9.36 Å². The summed E-state index contributed by atoms with van der Waals surface area (Å²) in [4.78, 5) is 19.4. The van der Waals surface area contributed by atoms with E-state index in [9.17, 15) is 18.0 Å². The highest BCUT2D eigenvalue weighted by Crippen LogP contribution is 2.43. The maximum absolute atomic E-state index is 13.6. The van der Waals surface area contributed by atoms with E-state index in [-0.39, 0.29) is 18.1 Å². The minimum Gasteiger partial charge on any atom is -0.406 e. The van der Waals surface area contributed by atoms with Crippen LogP contribution < -0.4 is 9.64 Å². The van der Waals surface area contributed by atoms with Crippen molar-refractivity contribution >= 4 is 63.3 Å². The second-order valence-electron chi connectivity index (χ2n) is 7.13. The molecule has 31 heavy (non-hydrogen) atoms. The molecule has 1 aromatic heterocycles. The summed E-state index contributed by atoms with van der Waals surface area (Å²) in [5.41, 5.74) is 0.0685. The van der Waals surface area contributed by atoms with Gasteiger partial charge in [0.1, 0.15) is 15.0 Å². The van der Waals surface area contributed by atoms with Gasteiger partial charge in [0.05, 0.1) is 11.9 Å². The van der Waals surface area contributed by atoms with Crippen molar-refractivity contribution in [2.45, 2.75) is 25.2 Å². The highest BCUT2D eigenvalue weighted by molar-refractivity contribution is 14.1. The predicted octanol–water partition coefficient (Wildman–Crippen LogP) is 6.33. The Morgan fingerprint density at radius 1 is 1.13 bits per heavy atom. The van der Waals surface area contributed by atoms with Crippen molar-refractivity contribution in [3.05, 3.63) is 68.0 Å². The molecule has 0 fully saturated rings. The molecule has 5 nitrogen and oxygen atoms in total. The molecule has 0 N–H and O–H groups in total. The van der Waals surface area contributed by atoms with Crippen LogP contribution in [0.2, 0.25) is 10.0 Å². The van der Waals surface area contributed by atoms with Crippen LogP contribution in [0.1, 0.15) is 12.5 Å². The summed E-state index contributed by atoms with van der Waals surface area (Å²) in [6.45, 7) is 1.76. The van der Waals surface area contributed by atoms with Crippen molar-refractivity contribution in [1.29, 1.82) is 0 Å². The highest BCUT2D eigenvalue weighted by atomic mass is 127. The summed E-state index contributed by atoms with van der Waals surface area (Å²) in [5, 5.41) is 0.744. The molecule has 2 heterocycles. The molecule has 0 aliphatic carbocycles. The first-order valence-corrected chi connectivity index (χ1v) is 10.7. The van der Waals surface area contributed by atoms with E-state index in [1.807, 2.05) is 0 Å². The van der Waals surface area contributed by atoms with Gasteiger partial charge in [-0.15, -0.1) is 13.2 Å². The molecule has 4 rings (SSSR count). The minimum absolute atomic E-state index is 0.224. The topological polar surface area (TPSA) is 47.4 Å². The van der Waals surface area contributed by atoms with E-state index in [4.69, 9.17) is 23.2 Å². The number of anilines is 2. The summed E-state index contributed by atoms with van der Waals surface area (Å²) in [6, 6.07) is 10.2. The summed E-state index contributed by atoms with van der Waals surface area (Å²) in [7, 11) is 0.